The average Bonchev–Trinajstić information content (AvgIpc) is 2.35. The summed E-state index contributed by atoms with van der Waals surface area (Å²) in [5.41, 5.74) is 3.10. The summed E-state index contributed by atoms with van der Waals surface area (Å²) in [4.78, 5) is 15.4. The smallest absolute Gasteiger partial charge is 0.274 e. The van der Waals surface area contributed by atoms with E-state index in [1.807, 2.05) is 33.3 Å². The van der Waals surface area contributed by atoms with E-state index in [0.717, 1.165) is 18.8 Å². The van der Waals surface area contributed by atoms with Crippen molar-refractivity contribution in [2.75, 3.05) is 39.1 Å². The van der Waals surface area contributed by atoms with Gasteiger partial charge in [0.2, 0.25) is 0 Å². The fourth-order valence-electron chi connectivity index (χ4n) is 1.41. The molecule has 0 fully saturated rings. The van der Waals surface area contributed by atoms with Gasteiger partial charge < -0.3 is 9.80 Å². The largest absolute Gasteiger partial charge is 0.373 e. The van der Waals surface area contributed by atoms with Crippen molar-refractivity contribution in [3.8, 4) is 0 Å². The van der Waals surface area contributed by atoms with E-state index in [0.29, 0.717) is 5.56 Å². The number of rotatable bonds is 5. The molecule has 5 heteroatoms. The molecule has 0 unspecified atom stereocenters. The molecule has 94 valence electrons. The molecule has 0 aliphatic rings. The topological polar surface area (TPSA) is 55.8 Å². The number of hydroxylamine groups is 1. The van der Waals surface area contributed by atoms with Crippen molar-refractivity contribution >= 4 is 11.6 Å². The van der Waals surface area contributed by atoms with E-state index in [-0.39, 0.29) is 0 Å². The van der Waals surface area contributed by atoms with Gasteiger partial charge in [0.1, 0.15) is 0 Å². The van der Waals surface area contributed by atoms with Crippen LogP contribution in [0.25, 0.3) is 0 Å². The van der Waals surface area contributed by atoms with Gasteiger partial charge in [0, 0.05) is 31.4 Å². The van der Waals surface area contributed by atoms with Crippen molar-refractivity contribution < 1.29 is 10.0 Å². The second kappa shape index (κ2) is 6.22. The summed E-state index contributed by atoms with van der Waals surface area (Å²) < 4.78 is 0. The Morgan fingerprint density at radius 1 is 1.18 bits per heavy atom. The van der Waals surface area contributed by atoms with Crippen LogP contribution in [-0.2, 0) is 0 Å². The Bertz CT molecular complexity index is 363. The van der Waals surface area contributed by atoms with Crippen molar-refractivity contribution in [3.05, 3.63) is 29.8 Å². The first-order valence-electron chi connectivity index (χ1n) is 5.45. The molecular formula is C12H19N3O2. The molecule has 0 saturated heterocycles. The van der Waals surface area contributed by atoms with Crippen LogP contribution in [0.2, 0.25) is 0 Å². The number of carbonyl (C=O) groups is 1. The number of likely N-dealkylation sites (N-methyl/N-ethyl adjacent to an activating group) is 2. The molecule has 2 N–H and O–H groups in total. The minimum Gasteiger partial charge on any atom is -0.373 e. The molecule has 0 radical (unpaired) electrons. The number of anilines is 1. The van der Waals surface area contributed by atoms with E-state index >= 15 is 0 Å². The molecule has 0 heterocycles. The van der Waals surface area contributed by atoms with Gasteiger partial charge in [-0.3, -0.25) is 10.0 Å². The minimum atomic E-state index is -0.493. The molecule has 0 aliphatic carbocycles. The van der Waals surface area contributed by atoms with Crippen LogP contribution < -0.4 is 10.4 Å². The molecule has 0 aromatic heterocycles. The Kier molecular flexibility index (Phi) is 4.93. The molecular weight excluding hydrogens is 218 g/mol. The van der Waals surface area contributed by atoms with Gasteiger partial charge >= 0.3 is 0 Å². The standard InChI is InChI=1S/C12H19N3O2/c1-14(2)8-9-15(3)11-6-4-10(5-7-11)12(16)13-17/h4-7,17H,8-9H2,1-3H3,(H,13,16). The Labute approximate surface area is 102 Å². The fraction of sp³-hybridized carbons (Fsp3) is 0.417. The van der Waals surface area contributed by atoms with E-state index < -0.39 is 5.91 Å². The third-order valence-corrected chi connectivity index (χ3v) is 2.55. The molecule has 5 nitrogen and oxygen atoms in total. The van der Waals surface area contributed by atoms with Gasteiger partial charge in [-0.05, 0) is 38.4 Å². The lowest BCUT2D eigenvalue weighted by atomic mass is 10.2. The molecule has 0 bridgehead atoms. The van der Waals surface area contributed by atoms with Crippen LogP contribution in [0.1, 0.15) is 10.4 Å². The normalized spacial score (nSPS) is 10.4. The summed E-state index contributed by atoms with van der Waals surface area (Å²) in [7, 11) is 6.07. The molecule has 1 aromatic rings. The van der Waals surface area contributed by atoms with E-state index in [9.17, 15) is 4.79 Å². The highest BCUT2D eigenvalue weighted by Crippen LogP contribution is 2.13. The molecule has 0 spiro atoms. The summed E-state index contributed by atoms with van der Waals surface area (Å²) in [6.07, 6.45) is 0. The van der Waals surface area contributed by atoms with Crippen molar-refractivity contribution in [2.45, 2.75) is 0 Å². The minimum absolute atomic E-state index is 0.442. The SMILES string of the molecule is CN(C)CCN(C)c1ccc(C(=O)NO)cc1. The second-order valence-corrected chi connectivity index (χ2v) is 4.21. The third kappa shape index (κ3) is 4.05. The van der Waals surface area contributed by atoms with Crippen LogP contribution in [0.3, 0.4) is 0 Å². The van der Waals surface area contributed by atoms with Gasteiger partial charge in [0.25, 0.3) is 5.91 Å². The van der Waals surface area contributed by atoms with Crippen molar-refractivity contribution in [1.29, 1.82) is 0 Å². The number of hydrogen-bond acceptors (Lipinski definition) is 4. The van der Waals surface area contributed by atoms with Crippen LogP contribution >= 0.6 is 0 Å². The molecule has 1 aromatic carbocycles. The first-order valence-corrected chi connectivity index (χ1v) is 5.45. The van der Waals surface area contributed by atoms with E-state index in [1.165, 1.54) is 0 Å². The lowest BCUT2D eigenvalue weighted by Gasteiger charge is -2.21. The Morgan fingerprint density at radius 3 is 2.24 bits per heavy atom. The van der Waals surface area contributed by atoms with Gasteiger partial charge in [-0.25, -0.2) is 5.48 Å². The van der Waals surface area contributed by atoms with Gasteiger partial charge in [-0.15, -0.1) is 0 Å². The third-order valence-electron chi connectivity index (χ3n) is 2.55. The highest BCUT2D eigenvalue weighted by Gasteiger charge is 2.05. The van der Waals surface area contributed by atoms with Crippen molar-refractivity contribution in [2.24, 2.45) is 0 Å². The fourth-order valence-corrected chi connectivity index (χ4v) is 1.41. The highest BCUT2D eigenvalue weighted by molar-refractivity contribution is 5.93. The first kappa shape index (κ1) is 13.5. The first-order chi connectivity index (χ1) is 8.04. The van der Waals surface area contributed by atoms with E-state index in [2.05, 4.69) is 9.80 Å². The van der Waals surface area contributed by atoms with Crippen LogP contribution in [0.4, 0.5) is 5.69 Å². The van der Waals surface area contributed by atoms with Crippen molar-refractivity contribution in [3.63, 3.8) is 0 Å². The lowest BCUT2D eigenvalue weighted by Crippen LogP contribution is -2.28. The zero-order chi connectivity index (χ0) is 12.8. The predicted molar refractivity (Wildman–Crippen MR) is 67.5 cm³/mol. The number of carbonyl (C=O) groups excluding carboxylic acids is 1. The number of hydrogen-bond donors (Lipinski definition) is 2. The van der Waals surface area contributed by atoms with E-state index in [4.69, 9.17) is 5.21 Å². The molecule has 0 saturated carbocycles. The van der Waals surface area contributed by atoms with Crippen LogP contribution in [0.5, 0.6) is 0 Å². The van der Waals surface area contributed by atoms with Crippen LogP contribution in [0, 0.1) is 0 Å². The summed E-state index contributed by atoms with van der Waals surface area (Å²) in [6.45, 7) is 1.88. The quantitative estimate of drug-likeness (QED) is 0.587. The number of nitrogens with zero attached hydrogens (tertiary/aromatic N) is 2. The summed E-state index contributed by atoms with van der Waals surface area (Å²) in [5.74, 6) is -0.493. The number of benzene rings is 1. The highest BCUT2D eigenvalue weighted by atomic mass is 16.5. The predicted octanol–water partition coefficient (Wildman–Crippen LogP) is 0.803. The Hall–Kier alpha value is -1.59. The maximum Gasteiger partial charge on any atom is 0.274 e. The molecule has 0 aliphatic heterocycles. The molecule has 0 atom stereocenters. The molecule has 1 rings (SSSR count). The van der Waals surface area contributed by atoms with Crippen LogP contribution in [-0.4, -0.2) is 50.2 Å². The maximum atomic E-state index is 11.1. The van der Waals surface area contributed by atoms with Crippen molar-refractivity contribution in [1.82, 2.24) is 10.4 Å². The number of amides is 1. The summed E-state index contributed by atoms with van der Waals surface area (Å²) in [6, 6.07) is 7.10. The zero-order valence-electron chi connectivity index (χ0n) is 10.5. The average molecular weight is 237 g/mol. The Balaban J connectivity index is 2.63. The molecule has 1 amide bonds. The monoisotopic (exact) mass is 237 g/mol. The van der Waals surface area contributed by atoms with Gasteiger partial charge in [-0.1, -0.05) is 0 Å². The van der Waals surface area contributed by atoms with E-state index in [1.54, 1.807) is 17.6 Å². The van der Waals surface area contributed by atoms with Gasteiger partial charge in [-0.2, -0.15) is 0 Å². The second-order valence-electron chi connectivity index (χ2n) is 4.21. The van der Waals surface area contributed by atoms with Gasteiger partial charge in [0.15, 0.2) is 0 Å². The van der Waals surface area contributed by atoms with Gasteiger partial charge in [0.05, 0.1) is 0 Å². The number of nitrogens with one attached hydrogen (secondary N) is 1. The maximum absolute atomic E-state index is 11.1. The summed E-state index contributed by atoms with van der Waals surface area (Å²) >= 11 is 0. The zero-order valence-corrected chi connectivity index (χ0v) is 10.5. The summed E-state index contributed by atoms with van der Waals surface area (Å²) in [5, 5.41) is 8.50. The van der Waals surface area contributed by atoms with Crippen LogP contribution in [0.15, 0.2) is 24.3 Å². The Morgan fingerprint density at radius 2 is 1.76 bits per heavy atom. The molecule has 17 heavy (non-hydrogen) atoms. The lowest BCUT2D eigenvalue weighted by molar-refractivity contribution is 0.0706.